The highest BCUT2D eigenvalue weighted by Crippen LogP contribution is 2.30. The Bertz CT molecular complexity index is 1270. The van der Waals surface area contributed by atoms with Crippen LogP contribution in [-0.2, 0) is 11.4 Å². The number of halogens is 1. The van der Waals surface area contributed by atoms with Crippen LogP contribution in [0.2, 0.25) is 0 Å². The van der Waals surface area contributed by atoms with Crippen LogP contribution in [0.15, 0.2) is 84.0 Å². The number of aryl methyl sites for hydroxylation is 2. The lowest BCUT2D eigenvalue weighted by Crippen LogP contribution is -2.03. The molecule has 0 saturated carbocycles. The molecule has 0 aliphatic heterocycles. The summed E-state index contributed by atoms with van der Waals surface area (Å²) in [6, 6.07) is 25.2. The average molecular weight is 427 g/mol. The zero-order chi connectivity index (χ0) is 22.7. The third-order valence-electron chi connectivity index (χ3n) is 5.55. The molecular weight excluding hydrogens is 399 g/mol. The van der Waals surface area contributed by atoms with E-state index in [-0.39, 0.29) is 5.82 Å². The van der Waals surface area contributed by atoms with E-state index in [0.29, 0.717) is 6.61 Å². The van der Waals surface area contributed by atoms with Gasteiger partial charge in [-0.05, 0) is 86.8 Å². The summed E-state index contributed by atoms with van der Waals surface area (Å²) in [5.74, 6) is -0.248. The number of nitrogens with zero attached hydrogens (tertiary/aromatic N) is 2. The smallest absolute Gasteiger partial charge is 0.142 e. The molecule has 0 spiro atoms. The highest BCUT2D eigenvalue weighted by atomic mass is 19.1. The fraction of sp³-hybridized carbons (Fsp3) is 0.179. The van der Waals surface area contributed by atoms with Gasteiger partial charge in [-0.15, -0.1) is 0 Å². The first-order valence-corrected chi connectivity index (χ1v) is 10.7. The van der Waals surface area contributed by atoms with Gasteiger partial charge in [0, 0.05) is 16.9 Å². The van der Waals surface area contributed by atoms with Crippen LogP contribution in [0.25, 0.3) is 16.9 Å². The molecule has 0 amide bonds. The minimum absolute atomic E-state index is 0.248. The molecule has 1 heterocycles. The van der Waals surface area contributed by atoms with Gasteiger partial charge in [0.1, 0.15) is 12.4 Å². The first kappa shape index (κ1) is 21.6. The average Bonchev–Trinajstić information content (AvgIpc) is 3.11. The number of oxime groups is 1. The van der Waals surface area contributed by atoms with Gasteiger partial charge in [0.25, 0.3) is 0 Å². The Morgan fingerprint density at radius 3 is 2.25 bits per heavy atom. The Balaban J connectivity index is 1.72. The standard InChI is InChI=1S/C28H27FN2O/c1-19-7-5-9-23(15-19)18-32-30-21(3)27-17-28(24-11-13-25(29)14-12-24)31(22(27)4)26-10-6-8-20(2)16-26/h5-17H,18H2,1-4H3/b30-21+. The van der Waals surface area contributed by atoms with Crippen molar-refractivity contribution in [2.45, 2.75) is 34.3 Å². The van der Waals surface area contributed by atoms with Gasteiger partial charge in [0.15, 0.2) is 0 Å². The fourth-order valence-electron chi connectivity index (χ4n) is 3.96. The number of rotatable bonds is 6. The largest absolute Gasteiger partial charge is 0.391 e. The summed E-state index contributed by atoms with van der Waals surface area (Å²) in [5, 5.41) is 4.40. The molecule has 0 N–H and O–H groups in total. The molecule has 162 valence electrons. The van der Waals surface area contributed by atoms with E-state index < -0.39 is 0 Å². The van der Waals surface area contributed by atoms with Gasteiger partial charge < -0.3 is 9.40 Å². The highest BCUT2D eigenvalue weighted by molar-refractivity contribution is 6.01. The quantitative estimate of drug-likeness (QED) is 0.237. The Morgan fingerprint density at radius 2 is 1.56 bits per heavy atom. The second kappa shape index (κ2) is 9.23. The second-order valence-electron chi connectivity index (χ2n) is 8.15. The Labute approximate surface area is 188 Å². The maximum atomic E-state index is 13.6. The minimum atomic E-state index is -0.248. The van der Waals surface area contributed by atoms with Crippen LogP contribution in [0.5, 0.6) is 0 Å². The van der Waals surface area contributed by atoms with Crippen LogP contribution in [0.4, 0.5) is 4.39 Å². The van der Waals surface area contributed by atoms with Gasteiger partial charge in [0.05, 0.1) is 11.4 Å². The van der Waals surface area contributed by atoms with Gasteiger partial charge in [0.2, 0.25) is 0 Å². The van der Waals surface area contributed by atoms with E-state index in [4.69, 9.17) is 4.84 Å². The van der Waals surface area contributed by atoms with Crippen molar-refractivity contribution in [3.8, 4) is 16.9 Å². The molecule has 0 unspecified atom stereocenters. The third-order valence-corrected chi connectivity index (χ3v) is 5.55. The highest BCUT2D eigenvalue weighted by Gasteiger charge is 2.17. The third kappa shape index (κ3) is 4.65. The summed E-state index contributed by atoms with van der Waals surface area (Å²) in [5.41, 5.74) is 9.28. The first-order chi connectivity index (χ1) is 15.4. The molecular formula is C28H27FN2O. The van der Waals surface area contributed by atoms with E-state index in [0.717, 1.165) is 39.5 Å². The van der Waals surface area contributed by atoms with Crippen LogP contribution >= 0.6 is 0 Å². The maximum Gasteiger partial charge on any atom is 0.142 e. The first-order valence-electron chi connectivity index (χ1n) is 10.7. The molecule has 0 atom stereocenters. The monoisotopic (exact) mass is 426 g/mol. The molecule has 0 saturated heterocycles. The van der Waals surface area contributed by atoms with E-state index in [9.17, 15) is 4.39 Å². The van der Waals surface area contributed by atoms with E-state index in [2.05, 4.69) is 66.9 Å². The summed E-state index contributed by atoms with van der Waals surface area (Å²) in [6.07, 6.45) is 0. The summed E-state index contributed by atoms with van der Waals surface area (Å²) in [7, 11) is 0. The van der Waals surface area contributed by atoms with Crippen molar-refractivity contribution in [1.29, 1.82) is 0 Å². The van der Waals surface area contributed by atoms with Crippen molar-refractivity contribution < 1.29 is 9.23 Å². The molecule has 4 rings (SSSR count). The molecule has 0 aliphatic carbocycles. The van der Waals surface area contributed by atoms with E-state index in [1.807, 2.05) is 25.1 Å². The predicted molar refractivity (Wildman–Crippen MR) is 129 cm³/mol. The summed E-state index contributed by atoms with van der Waals surface area (Å²) in [6.45, 7) is 8.58. The summed E-state index contributed by atoms with van der Waals surface area (Å²) in [4.78, 5) is 5.67. The van der Waals surface area contributed by atoms with Crippen LogP contribution in [-0.4, -0.2) is 10.3 Å². The zero-order valence-electron chi connectivity index (χ0n) is 18.9. The van der Waals surface area contributed by atoms with Crippen molar-refractivity contribution in [1.82, 2.24) is 4.57 Å². The van der Waals surface area contributed by atoms with Gasteiger partial charge >= 0.3 is 0 Å². The lowest BCUT2D eigenvalue weighted by molar-refractivity contribution is 0.130. The lowest BCUT2D eigenvalue weighted by Gasteiger charge is -2.13. The number of benzene rings is 3. The second-order valence-corrected chi connectivity index (χ2v) is 8.15. The number of aromatic nitrogens is 1. The number of hydrogen-bond donors (Lipinski definition) is 0. The molecule has 4 aromatic rings. The molecule has 0 aliphatic rings. The van der Waals surface area contributed by atoms with Gasteiger partial charge in [-0.1, -0.05) is 47.1 Å². The van der Waals surface area contributed by atoms with Crippen LogP contribution in [0, 0.1) is 26.6 Å². The molecule has 4 heteroatoms. The molecule has 0 bridgehead atoms. The van der Waals surface area contributed by atoms with E-state index in [1.165, 1.54) is 23.3 Å². The van der Waals surface area contributed by atoms with Crippen LogP contribution in [0.1, 0.15) is 34.9 Å². The predicted octanol–water partition coefficient (Wildman–Crippen LogP) is 7.15. The van der Waals surface area contributed by atoms with Crippen molar-refractivity contribution >= 4 is 5.71 Å². The summed E-state index contributed by atoms with van der Waals surface area (Å²) >= 11 is 0. The normalized spacial score (nSPS) is 11.6. The van der Waals surface area contributed by atoms with Crippen molar-refractivity contribution in [2.75, 3.05) is 0 Å². The number of hydrogen-bond acceptors (Lipinski definition) is 2. The molecule has 3 aromatic carbocycles. The van der Waals surface area contributed by atoms with Gasteiger partial charge in [-0.3, -0.25) is 0 Å². The van der Waals surface area contributed by atoms with E-state index >= 15 is 0 Å². The maximum absolute atomic E-state index is 13.6. The molecule has 1 aromatic heterocycles. The van der Waals surface area contributed by atoms with Crippen molar-refractivity contribution in [2.24, 2.45) is 5.16 Å². The Morgan fingerprint density at radius 1 is 0.875 bits per heavy atom. The van der Waals surface area contributed by atoms with Crippen LogP contribution < -0.4 is 0 Å². The molecule has 0 radical (unpaired) electrons. The minimum Gasteiger partial charge on any atom is -0.391 e. The van der Waals surface area contributed by atoms with Gasteiger partial charge in [-0.25, -0.2) is 4.39 Å². The van der Waals surface area contributed by atoms with E-state index in [1.54, 1.807) is 12.1 Å². The SMILES string of the molecule is C/C(=N\OCc1cccc(C)c1)c1cc(-c2ccc(F)cc2)n(-c2cccc(C)c2)c1C. The topological polar surface area (TPSA) is 26.5 Å². The Kier molecular flexibility index (Phi) is 6.22. The van der Waals surface area contributed by atoms with Crippen LogP contribution in [0.3, 0.4) is 0 Å². The summed E-state index contributed by atoms with van der Waals surface area (Å²) < 4.78 is 15.7. The van der Waals surface area contributed by atoms with Gasteiger partial charge in [-0.2, -0.15) is 0 Å². The Hall–Kier alpha value is -3.66. The fourth-order valence-corrected chi connectivity index (χ4v) is 3.96. The van der Waals surface area contributed by atoms with Crippen molar-refractivity contribution in [3.05, 3.63) is 113 Å². The van der Waals surface area contributed by atoms with Crippen molar-refractivity contribution in [3.63, 3.8) is 0 Å². The zero-order valence-corrected chi connectivity index (χ0v) is 18.9. The lowest BCUT2D eigenvalue weighted by atomic mass is 10.1. The molecule has 32 heavy (non-hydrogen) atoms. The molecule has 3 nitrogen and oxygen atoms in total. The molecule has 0 fully saturated rings.